The van der Waals surface area contributed by atoms with Crippen LogP contribution in [0.2, 0.25) is 0 Å². The third kappa shape index (κ3) is 7.44. The first-order valence-electron chi connectivity index (χ1n) is 14.3. The van der Waals surface area contributed by atoms with E-state index in [0.29, 0.717) is 17.6 Å². The fraction of sp³-hybridized carbons (Fsp3) is 0.515. The summed E-state index contributed by atoms with van der Waals surface area (Å²) in [4.78, 5) is 4.87. The number of aryl methyl sites for hydroxylation is 1. The molecule has 39 heavy (non-hydrogen) atoms. The first kappa shape index (κ1) is 29.2. The molecule has 0 saturated carbocycles. The average Bonchev–Trinajstić information content (AvgIpc) is 2.97. The molecule has 2 aliphatic rings. The van der Waals surface area contributed by atoms with E-state index in [1.807, 2.05) is 12.1 Å². The van der Waals surface area contributed by atoms with E-state index in [-0.39, 0.29) is 6.04 Å². The summed E-state index contributed by atoms with van der Waals surface area (Å²) in [6, 6.07) is 15.2. The van der Waals surface area contributed by atoms with Gasteiger partial charge < -0.3 is 24.2 Å². The van der Waals surface area contributed by atoms with E-state index in [1.165, 1.54) is 22.3 Å². The van der Waals surface area contributed by atoms with Crippen LogP contribution >= 0.6 is 0 Å². The van der Waals surface area contributed by atoms with Crippen molar-refractivity contribution in [2.45, 2.75) is 45.2 Å². The van der Waals surface area contributed by atoms with Crippen LogP contribution in [-0.4, -0.2) is 75.6 Å². The number of aromatic hydroxyl groups is 1. The van der Waals surface area contributed by atoms with Crippen molar-refractivity contribution in [2.75, 3.05) is 54.6 Å². The van der Waals surface area contributed by atoms with Crippen molar-refractivity contribution in [3.8, 4) is 5.75 Å². The molecule has 3 atom stereocenters. The van der Waals surface area contributed by atoms with Crippen LogP contribution in [0.1, 0.15) is 35.6 Å². The monoisotopic (exact) mass is 534 g/mol. The molecule has 2 aliphatic carbocycles. The minimum absolute atomic E-state index is 0.210. The van der Waals surface area contributed by atoms with E-state index in [9.17, 15) is 5.11 Å². The second-order valence-corrected chi connectivity index (χ2v) is 10.9. The standard InChI is InChI=1S/C33H46N2O4/c1-6-35(23-25-9-7-24(8-10-25)15-16-34(2)17-18-37-3)31-22-33(39-5)32(38-4)21-30(31)28-12-11-27-20-29(36)14-13-26(27)19-28/h7-10,13-14,20-22,28,30-31,36H,6,11-12,15-19,23H2,1-5H3/t28-,30?,31?/m1/s1. The van der Waals surface area contributed by atoms with Crippen LogP contribution in [0.4, 0.5) is 0 Å². The topological polar surface area (TPSA) is 54.4 Å². The van der Waals surface area contributed by atoms with Gasteiger partial charge in [-0.1, -0.05) is 37.3 Å². The second-order valence-electron chi connectivity index (χ2n) is 10.9. The molecule has 0 radical (unpaired) electrons. The Morgan fingerprint density at radius 1 is 0.897 bits per heavy atom. The summed E-state index contributed by atoms with van der Waals surface area (Å²) in [7, 11) is 7.35. The van der Waals surface area contributed by atoms with Gasteiger partial charge in [-0.2, -0.15) is 0 Å². The van der Waals surface area contributed by atoms with E-state index in [0.717, 1.165) is 70.0 Å². The Balaban J connectivity index is 1.49. The SMILES string of the molecule is CCN(Cc1ccc(CCN(C)CCOC)cc1)C1C=C(OC)C(OC)=CC1[C@@H]1CCc2cc(O)ccc2C1. The Kier molecular flexibility index (Phi) is 10.5. The molecular weight excluding hydrogens is 488 g/mol. The van der Waals surface area contributed by atoms with Crippen molar-refractivity contribution in [3.63, 3.8) is 0 Å². The van der Waals surface area contributed by atoms with Gasteiger partial charge in [0.05, 0.1) is 20.8 Å². The summed E-state index contributed by atoms with van der Waals surface area (Å²) in [5, 5.41) is 9.95. The van der Waals surface area contributed by atoms with Crippen molar-refractivity contribution in [1.29, 1.82) is 0 Å². The smallest absolute Gasteiger partial charge is 0.158 e. The molecule has 0 saturated heterocycles. The van der Waals surface area contributed by atoms with E-state index in [4.69, 9.17) is 14.2 Å². The second kappa shape index (κ2) is 14.0. The van der Waals surface area contributed by atoms with Crippen LogP contribution in [0.25, 0.3) is 0 Å². The van der Waals surface area contributed by atoms with Gasteiger partial charge in [0.25, 0.3) is 0 Å². The molecule has 212 valence electrons. The number of hydrogen-bond donors (Lipinski definition) is 1. The highest BCUT2D eigenvalue weighted by molar-refractivity contribution is 5.38. The number of fused-ring (bicyclic) bond motifs is 1. The fourth-order valence-electron chi connectivity index (χ4n) is 6.06. The highest BCUT2D eigenvalue weighted by atomic mass is 16.5. The third-order valence-corrected chi connectivity index (χ3v) is 8.44. The van der Waals surface area contributed by atoms with Crippen molar-refractivity contribution in [3.05, 3.63) is 88.4 Å². The fourth-order valence-corrected chi connectivity index (χ4v) is 6.06. The highest BCUT2D eigenvalue weighted by Gasteiger charge is 2.36. The van der Waals surface area contributed by atoms with Gasteiger partial charge in [-0.05, 0) is 91.7 Å². The predicted molar refractivity (Wildman–Crippen MR) is 157 cm³/mol. The molecule has 0 aliphatic heterocycles. The Bertz CT molecular complexity index is 1130. The number of phenolic OH excluding ortho intramolecular Hbond substituents is 1. The Labute approximate surface area is 234 Å². The van der Waals surface area contributed by atoms with Gasteiger partial charge in [-0.15, -0.1) is 0 Å². The number of nitrogens with zero attached hydrogens (tertiary/aromatic N) is 2. The molecule has 4 rings (SSSR count). The maximum absolute atomic E-state index is 9.95. The van der Waals surface area contributed by atoms with Crippen molar-refractivity contribution < 1.29 is 19.3 Å². The van der Waals surface area contributed by atoms with Crippen LogP contribution < -0.4 is 0 Å². The zero-order valence-corrected chi connectivity index (χ0v) is 24.4. The first-order valence-corrected chi connectivity index (χ1v) is 14.3. The lowest BCUT2D eigenvalue weighted by atomic mass is 9.72. The van der Waals surface area contributed by atoms with Gasteiger partial charge >= 0.3 is 0 Å². The lowest BCUT2D eigenvalue weighted by Gasteiger charge is -2.41. The van der Waals surface area contributed by atoms with Crippen LogP contribution in [0.3, 0.4) is 0 Å². The van der Waals surface area contributed by atoms with E-state index in [2.05, 4.69) is 66.3 Å². The largest absolute Gasteiger partial charge is 0.508 e. The molecule has 2 aromatic carbocycles. The number of benzene rings is 2. The van der Waals surface area contributed by atoms with Crippen LogP contribution in [0.5, 0.6) is 5.75 Å². The van der Waals surface area contributed by atoms with Gasteiger partial charge in [0.15, 0.2) is 11.5 Å². The summed E-state index contributed by atoms with van der Waals surface area (Å²) >= 11 is 0. The number of likely N-dealkylation sites (N-methyl/N-ethyl adjacent to an activating group) is 2. The Morgan fingerprint density at radius 3 is 2.31 bits per heavy atom. The number of hydrogen-bond acceptors (Lipinski definition) is 6. The van der Waals surface area contributed by atoms with E-state index < -0.39 is 0 Å². The number of phenols is 1. The van der Waals surface area contributed by atoms with E-state index >= 15 is 0 Å². The normalized spacial score (nSPS) is 20.9. The van der Waals surface area contributed by atoms with E-state index in [1.54, 1.807) is 21.3 Å². The zero-order valence-electron chi connectivity index (χ0n) is 24.4. The van der Waals surface area contributed by atoms with Gasteiger partial charge in [0, 0.05) is 38.7 Å². The third-order valence-electron chi connectivity index (χ3n) is 8.44. The summed E-state index contributed by atoms with van der Waals surface area (Å²) in [6.07, 6.45) is 8.68. The number of ether oxygens (including phenoxy) is 3. The van der Waals surface area contributed by atoms with Crippen LogP contribution in [-0.2, 0) is 40.0 Å². The summed E-state index contributed by atoms with van der Waals surface area (Å²) in [5.41, 5.74) is 5.32. The lowest BCUT2D eigenvalue weighted by Crippen LogP contribution is -2.44. The maximum Gasteiger partial charge on any atom is 0.158 e. The molecule has 2 aromatic rings. The molecule has 0 aromatic heterocycles. The Morgan fingerprint density at radius 2 is 1.62 bits per heavy atom. The molecular formula is C33H46N2O4. The van der Waals surface area contributed by atoms with Crippen LogP contribution in [0, 0.1) is 11.8 Å². The van der Waals surface area contributed by atoms with Gasteiger partial charge in [0.1, 0.15) is 5.75 Å². The molecule has 6 heteroatoms. The lowest BCUT2D eigenvalue weighted by molar-refractivity contribution is 0.132. The zero-order chi connectivity index (χ0) is 27.8. The summed E-state index contributed by atoms with van der Waals surface area (Å²) < 4.78 is 16.7. The molecule has 0 bridgehead atoms. The van der Waals surface area contributed by atoms with Crippen molar-refractivity contribution in [1.82, 2.24) is 9.80 Å². The average molecular weight is 535 g/mol. The first-order chi connectivity index (χ1) is 18.9. The maximum atomic E-state index is 9.95. The van der Waals surface area contributed by atoms with Gasteiger partial charge in [0.2, 0.25) is 0 Å². The molecule has 0 amide bonds. The molecule has 0 heterocycles. The minimum Gasteiger partial charge on any atom is -0.508 e. The molecule has 2 unspecified atom stereocenters. The molecule has 0 spiro atoms. The molecule has 0 fully saturated rings. The van der Waals surface area contributed by atoms with Gasteiger partial charge in [-0.25, -0.2) is 0 Å². The van der Waals surface area contributed by atoms with Gasteiger partial charge in [-0.3, -0.25) is 4.90 Å². The minimum atomic E-state index is 0.210. The number of rotatable bonds is 13. The van der Waals surface area contributed by atoms with Crippen molar-refractivity contribution in [2.24, 2.45) is 11.8 Å². The predicted octanol–water partition coefficient (Wildman–Crippen LogP) is 5.20. The molecule has 1 N–H and O–H groups in total. The summed E-state index contributed by atoms with van der Waals surface area (Å²) in [6.45, 7) is 6.81. The Hall–Kier alpha value is -2.80. The quantitative estimate of drug-likeness (QED) is 0.381. The number of methoxy groups -OCH3 is 3. The highest BCUT2D eigenvalue weighted by Crippen LogP contribution is 2.39. The molecule has 6 nitrogen and oxygen atoms in total. The van der Waals surface area contributed by atoms with Crippen molar-refractivity contribution >= 4 is 0 Å². The van der Waals surface area contributed by atoms with Crippen LogP contribution in [0.15, 0.2) is 66.1 Å². The summed E-state index contributed by atoms with van der Waals surface area (Å²) in [5.74, 6) is 2.79.